The first-order chi connectivity index (χ1) is 21.5. The normalized spacial score (nSPS) is 19.9. The van der Waals surface area contributed by atoms with Gasteiger partial charge in [0.1, 0.15) is 18.3 Å². The van der Waals surface area contributed by atoms with Crippen molar-refractivity contribution in [1.29, 1.82) is 0 Å². The predicted octanol–water partition coefficient (Wildman–Crippen LogP) is 4.06. The van der Waals surface area contributed by atoms with Crippen molar-refractivity contribution in [2.75, 3.05) is 59.0 Å². The molecule has 244 valence electrons. The van der Waals surface area contributed by atoms with Crippen molar-refractivity contribution in [1.82, 2.24) is 25.8 Å². The number of aliphatic imine (C=N–C) groups is 1. The number of nitrogens with two attached hydrogens (primary N) is 1. The maximum absolute atomic E-state index is 12.0. The third kappa shape index (κ3) is 12.0. The van der Waals surface area contributed by atoms with Gasteiger partial charge in [0.15, 0.2) is 5.78 Å². The Hall–Kier alpha value is -2.72. The van der Waals surface area contributed by atoms with Gasteiger partial charge < -0.3 is 31.3 Å². The molecule has 0 bridgehead atoms. The highest BCUT2D eigenvalue weighted by Crippen LogP contribution is 2.21. The van der Waals surface area contributed by atoms with E-state index in [2.05, 4.69) is 63.0 Å². The van der Waals surface area contributed by atoms with Gasteiger partial charge in [-0.3, -0.25) is 14.7 Å². The zero-order valence-corrected chi connectivity index (χ0v) is 27.3. The maximum Gasteiger partial charge on any atom is 0.159 e. The monoisotopic (exact) mass is 607 g/mol. The highest BCUT2D eigenvalue weighted by atomic mass is 16.5. The Morgan fingerprint density at radius 3 is 2.55 bits per heavy atom. The SMILES string of the molecule is CCOCC(=O)CCN1CCN(C2=C(C)CCC(=NCc3ccc(CNCCCNC4CCCCC4)cc3)NC(N)=C2)CC1. The molecule has 0 amide bonds. The predicted molar refractivity (Wildman–Crippen MR) is 180 cm³/mol. The van der Waals surface area contributed by atoms with E-state index in [1.54, 1.807) is 0 Å². The van der Waals surface area contributed by atoms with Gasteiger partial charge in [-0.1, -0.05) is 43.5 Å². The van der Waals surface area contributed by atoms with Crippen molar-refractivity contribution in [3.8, 4) is 0 Å². The van der Waals surface area contributed by atoms with Crippen molar-refractivity contribution in [2.45, 2.75) is 90.8 Å². The average Bonchev–Trinajstić information content (AvgIpc) is 3.05. The first-order valence-corrected chi connectivity index (χ1v) is 17.1. The molecule has 1 saturated carbocycles. The maximum atomic E-state index is 12.0. The third-order valence-electron chi connectivity index (χ3n) is 9.02. The molecule has 9 nitrogen and oxygen atoms in total. The first kappa shape index (κ1) is 34.2. The van der Waals surface area contributed by atoms with Crippen LogP contribution in [0.25, 0.3) is 0 Å². The number of ketones is 1. The van der Waals surface area contributed by atoms with Crippen LogP contribution in [-0.2, 0) is 22.6 Å². The minimum absolute atomic E-state index is 0.181. The van der Waals surface area contributed by atoms with Crippen LogP contribution in [-0.4, -0.2) is 86.5 Å². The lowest BCUT2D eigenvalue weighted by molar-refractivity contribution is -0.123. The summed E-state index contributed by atoms with van der Waals surface area (Å²) in [5.41, 5.74) is 11.5. The van der Waals surface area contributed by atoms with Gasteiger partial charge in [-0.05, 0) is 69.3 Å². The quantitative estimate of drug-likeness (QED) is 0.209. The lowest BCUT2D eigenvalue weighted by Gasteiger charge is -2.38. The molecule has 3 aliphatic rings. The number of piperazine rings is 1. The van der Waals surface area contributed by atoms with Crippen LogP contribution in [0.2, 0.25) is 0 Å². The second kappa shape index (κ2) is 18.9. The van der Waals surface area contributed by atoms with Gasteiger partial charge >= 0.3 is 0 Å². The second-order valence-electron chi connectivity index (χ2n) is 12.5. The summed E-state index contributed by atoms with van der Waals surface area (Å²) in [6.07, 6.45) is 12.5. The van der Waals surface area contributed by atoms with Crippen molar-refractivity contribution in [3.05, 3.63) is 58.6 Å². The van der Waals surface area contributed by atoms with E-state index < -0.39 is 0 Å². The fraction of sp³-hybridized carbons (Fsp3) is 0.657. The van der Waals surface area contributed by atoms with E-state index >= 15 is 0 Å². The first-order valence-electron chi connectivity index (χ1n) is 17.1. The molecule has 1 aliphatic carbocycles. The zero-order chi connectivity index (χ0) is 31.0. The van der Waals surface area contributed by atoms with Crippen LogP contribution in [0.1, 0.15) is 82.8 Å². The molecule has 44 heavy (non-hydrogen) atoms. The standard InChI is InChI=1S/C35H57N7O2/c1-3-44-27-32(43)16-19-41-20-22-42(23-21-41)33-24-34(36)40-35(15-10-28(33)2)39-26-30-13-11-29(12-14-30)25-37-17-7-18-38-31-8-5-4-6-9-31/h11-14,24,31,37-38H,3-10,15-23,25-27,36H2,1-2H3,(H,39,40). The minimum atomic E-state index is 0.181. The minimum Gasteiger partial charge on any atom is -0.385 e. The van der Waals surface area contributed by atoms with Crippen molar-refractivity contribution < 1.29 is 9.53 Å². The molecule has 0 spiro atoms. The molecular formula is C35H57N7O2. The fourth-order valence-electron chi connectivity index (χ4n) is 6.24. The molecule has 5 N–H and O–H groups in total. The Balaban J connectivity index is 1.16. The molecule has 1 aromatic rings. The molecule has 0 unspecified atom stereocenters. The van der Waals surface area contributed by atoms with Crippen LogP contribution in [0.15, 0.2) is 52.4 Å². The van der Waals surface area contributed by atoms with E-state index in [0.29, 0.717) is 25.4 Å². The molecule has 0 radical (unpaired) electrons. The molecule has 2 aliphatic heterocycles. The third-order valence-corrected chi connectivity index (χ3v) is 9.02. The van der Waals surface area contributed by atoms with E-state index in [-0.39, 0.29) is 12.4 Å². The van der Waals surface area contributed by atoms with Crippen LogP contribution in [0.5, 0.6) is 0 Å². The van der Waals surface area contributed by atoms with Gasteiger partial charge in [-0.15, -0.1) is 0 Å². The molecule has 2 heterocycles. The smallest absolute Gasteiger partial charge is 0.159 e. The Labute approximate surface area is 265 Å². The molecule has 1 aromatic carbocycles. The van der Waals surface area contributed by atoms with Gasteiger partial charge in [-0.2, -0.15) is 0 Å². The Morgan fingerprint density at radius 2 is 1.80 bits per heavy atom. The van der Waals surface area contributed by atoms with Crippen LogP contribution >= 0.6 is 0 Å². The van der Waals surface area contributed by atoms with Gasteiger partial charge in [0.25, 0.3) is 0 Å². The number of hydrogen-bond donors (Lipinski definition) is 4. The number of Topliss-reactive ketones (excluding diaryl/α,β-unsaturated/α-hetero) is 1. The average molecular weight is 608 g/mol. The van der Waals surface area contributed by atoms with Crippen molar-refractivity contribution in [3.63, 3.8) is 0 Å². The van der Waals surface area contributed by atoms with Gasteiger partial charge in [-0.25, -0.2) is 0 Å². The molecule has 0 atom stereocenters. The summed E-state index contributed by atoms with van der Waals surface area (Å²) in [5, 5.41) is 10.7. The van der Waals surface area contributed by atoms with Crippen LogP contribution in [0.3, 0.4) is 0 Å². The summed E-state index contributed by atoms with van der Waals surface area (Å²) < 4.78 is 5.24. The number of nitrogens with one attached hydrogen (secondary N) is 3. The zero-order valence-electron chi connectivity index (χ0n) is 27.3. The number of rotatable bonds is 16. The Bertz CT molecular complexity index is 1100. The van der Waals surface area contributed by atoms with Crippen LogP contribution in [0.4, 0.5) is 0 Å². The van der Waals surface area contributed by atoms with Gasteiger partial charge in [0.05, 0.1) is 6.54 Å². The number of amidine groups is 1. The molecule has 9 heteroatoms. The van der Waals surface area contributed by atoms with E-state index in [1.807, 2.05) is 6.92 Å². The molecular weight excluding hydrogens is 550 g/mol. The summed E-state index contributed by atoms with van der Waals surface area (Å²) in [4.78, 5) is 21.6. The number of allylic oxidation sites excluding steroid dienone is 2. The van der Waals surface area contributed by atoms with E-state index in [1.165, 1.54) is 60.9 Å². The Kier molecular flexibility index (Phi) is 14.7. The summed E-state index contributed by atoms with van der Waals surface area (Å²) in [6.45, 7) is 13.2. The van der Waals surface area contributed by atoms with Crippen molar-refractivity contribution >= 4 is 11.6 Å². The van der Waals surface area contributed by atoms with Crippen LogP contribution < -0.4 is 21.7 Å². The topological polar surface area (TPSA) is 107 Å². The second-order valence-corrected chi connectivity index (χ2v) is 12.5. The van der Waals surface area contributed by atoms with E-state index in [9.17, 15) is 4.79 Å². The van der Waals surface area contributed by atoms with E-state index in [0.717, 1.165) is 77.1 Å². The molecule has 0 aromatic heterocycles. The highest BCUT2D eigenvalue weighted by molar-refractivity contribution is 5.84. The fourth-order valence-corrected chi connectivity index (χ4v) is 6.24. The number of benzene rings is 1. The van der Waals surface area contributed by atoms with Gasteiger partial charge in [0.2, 0.25) is 0 Å². The lowest BCUT2D eigenvalue weighted by atomic mass is 9.95. The summed E-state index contributed by atoms with van der Waals surface area (Å²) in [6, 6.07) is 9.54. The van der Waals surface area contributed by atoms with Gasteiger partial charge in [0, 0.05) is 76.5 Å². The number of nitrogens with zero attached hydrogens (tertiary/aromatic N) is 3. The molecule has 1 saturated heterocycles. The number of hydrogen-bond acceptors (Lipinski definition) is 8. The molecule has 4 rings (SSSR count). The summed E-state index contributed by atoms with van der Waals surface area (Å²) >= 11 is 0. The van der Waals surface area contributed by atoms with Crippen molar-refractivity contribution in [2.24, 2.45) is 10.7 Å². The lowest BCUT2D eigenvalue weighted by Crippen LogP contribution is -2.46. The molecule has 2 fully saturated rings. The number of ether oxygens (including phenoxy) is 1. The number of carbonyl (C=O) groups excluding carboxylic acids is 1. The van der Waals surface area contributed by atoms with Crippen LogP contribution in [0, 0.1) is 0 Å². The van der Waals surface area contributed by atoms with E-state index in [4.69, 9.17) is 15.5 Å². The summed E-state index contributed by atoms with van der Waals surface area (Å²) in [7, 11) is 0. The Morgan fingerprint density at radius 1 is 1.05 bits per heavy atom. The summed E-state index contributed by atoms with van der Waals surface area (Å²) in [5.74, 6) is 1.75. The number of carbonyl (C=O) groups is 1. The highest BCUT2D eigenvalue weighted by Gasteiger charge is 2.21. The largest absolute Gasteiger partial charge is 0.385 e.